The van der Waals surface area contributed by atoms with E-state index in [0.29, 0.717) is 6.42 Å². The number of esters is 1. The molecule has 1 aromatic rings. The zero-order chi connectivity index (χ0) is 13.5. The quantitative estimate of drug-likeness (QED) is 0.744. The van der Waals surface area contributed by atoms with E-state index in [9.17, 15) is 9.18 Å². The Morgan fingerprint density at radius 1 is 1.44 bits per heavy atom. The van der Waals surface area contributed by atoms with Crippen molar-refractivity contribution in [2.75, 3.05) is 6.61 Å². The van der Waals surface area contributed by atoms with Gasteiger partial charge in [-0.1, -0.05) is 31.0 Å². The third kappa shape index (κ3) is 3.88. The zero-order valence-electron chi connectivity index (χ0n) is 10.4. The van der Waals surface area contributed by atoms with Crippen LogP contribution in [-0.4, -0.2) is 18.7 Å². The molecule has 0 saturated carbocycles. The molecule has 0 bridgehead atoms. The van der Waals surface area contributed by atoms with E-state index in [-0.39, 0.29) is 17.4 Å². The Labute approximate surface area is 111 Å². The number of hydrogen-bond acceptors (Lipinski definition) is 3. The number of benzene rings is 1. The normalized spacial score (nSPS) is 12.0. The monoisotopic (exact) mass is 274 g/mol. The summed E-state index contributed by atoms with van der Waals surface area (Å²) in [5, 5.41) is -0.0355. The largest absolute Gasteiger partial charge is 0.476 e. The molecule has 3 nitrogen and oxygen atoms in total. The highest BCUT2D eigenvalue weighted by Gasteiger charge is 2.22. The second-order valence-corrected chi connectivity index (χ2v) is 4.11. The van der Waals surface area contributed by atoms with Crippen LogP contribution in [0.3, 0.4) is 0 Å². The van der Waals surface area contributed by atoms with Gasteiger partial charge in [0.2, 0.25) is 0 Å². The first-order valence-electron chi connectivity index (χ1n) is 5.87. The molecule has 1 aromatic carbocycles. The molecule has 100 valence electrons. The van der Waals surface area contributed by atoms with Gasteiger partial charge in [0.1, 0.15) is 0 Å². The Hall–Kier alpha value is -1.29. The van der Waals surface area contributed by atoms with Gasteiger partial charge in [-0.25, -0.2) is 9.18 Å². The molecule has 18 heavy (non-hydrogen) atoms. The van der Waals surface area contributed by atoms with Crippen molar-refractivity contribution in [2.24, 2.45) is 0 Å². The predicted octanol–water partition coefficient (Wildman–Crippen LogP) is 3.59. The van der Waals surface area contributed by atoms with E-state index < -0.39 is 17.9 Å². The minimum atomic E-state index is -0.803. The minimum Gasteiger partial charge on any atom is -0.476 e. The zero-order valence-corrected chi connectivity index (χ0v) is 11.2. The fourth-order valence-electron chi connectivity index (χ4n) is 1.45. The van der Waals surface area contributed by atoms with Crippen LogP contribution >= 0.6 is 11.6 Å². The van der Waals surface area contributed by atoms with Crippen LogP contribution < -0.4 is 4.74 Å². The van der Waals surface area contributed by atoms with Crippen molar-refractivity contribution in [1.82, 2.24) is 0 Å². The number of hydrogen-bond donors (Lipinski definition) is 0. The van der Waals surface area contributed by atoms with Gasteiger partial charge in [-0.05, 0) is 25.5 Å². The summed E-state index contributed by atoms with van der Waals surface area (Å²) in [7, 11) is 0. The summed E-state index contributed by atoms with van der Waals surface area (Å²) in [5.74, 6) is -1.18. The van der Waals surface area contributed by atoms with Gasteiger partial charge in [-0.3, -0.25) is 0 Å². The molecule has 5 heteroatoms. The molecule has 0 radical (unpaired) electrons. The number of carbonyl (C=O) groups excluding carboxylic acids is 1. The van der Waals surface area contributed by atoms with Crippen molar-refractivity contribution in [3.05, 3.63) is 29.0 Å². The summed E-state index contributed by atoms with van der Waals surface area (Å²) in [6.45, 7) is 3.88. The average Bonchev–Trinajstić information content (AvgIpc) is 2.34. The van der Waals surface area contributed by atoms with Gasteiger partial charge in [0, 0.05) is 0 Å². The highest BCUT2D eigenvalue weighted by molar-refractivity contribution is 6.30. The first-order chi connectivity index (χ1) is 8.60. The maximum absolute atomic E-state index is 13.6. The third-order valence-corrected chi connectivity index (χ3v) is 2.58. The first kappa shape index (κ1) is 14.8. The highest BCUT2D eigenvalue weighted by atomic mass is 35.5. The molecule has 1 rings (SSSR count). The summed E-state index contributed by atoms with van der Waals surface area (Å²) in [4.78, 5) is 11.6. The Morgan fingerprint density at radius 3 is 2.78 bits per heavy atom. The fourth-order valence-corrected chi connectivity index (χ4v) is 1.62. The van der Waals surface area contributed by atoms with Crippen molar-refractivity contribution in [3.63, 3.8) is 0 Å². The summed E-state index contributed by atoms with van der Waals surface area (Å²) in [6.07, 6.45) is 0.388. The van der Waals surface area contributed by atoms with Crippen LogP contribution in [0, 0.1) is 5.82 Å². The number of rotatable bonds is 6. The second kappa shape index (κ2) is 7.21. The molecule has 0 aliphatic rings. The third-order valence-electron chi connectivity index (χ3n) is 2.29. The Balaban J connectivity index is 2.82. The summed E-state index contributed by atoms with van der Waals surface area (Å²) >= 11 is 5.64. The van der Waals surface area contributed by atoms with Crippen LogP contribution in [-0.2, 0) is 9.53 Å². The Kier molecular flexibility index (Phi) is 5.92. The molecule has 0 N–H and O–H groups in total. The van der Waals surface area contributed by atoms with Crippen molar-refractivity contribution in [3.8, 4) is 5.75 Å². The minimum absolute atomic E-state index is 0.0333. The molecule has 1 atom stereocenters. The van der Waals surface area contributed by atoms with E-state index in [1.165, 1.54) is 12.1 Å². The first-order valence-corrected chi connectivity index (χ1v) is 6.25. The van der Waals surface area contributed by atoms with Gasteiger partial charge in [0.05, 0.1) is 11.6 Å². The molecule has 1 unspecified atom stereocenters. The maximum atomic E-state index is 13.6. The molecular weight excluding hydrogens is 259 g/mol. The Morgan fingerprint density at radius 2 is 2.17 bits per heavy atom. The van der Waals surface area contributed by atoms with E-state index in [2.05, 4.69) is 0 Å². The topological polar surface area (TPSA) is 35.5 Å². The molecule has 0 fully saturated rings. The summed E-state index contributed by atoms with van der Waals surface area (Å²) in [6, 6.07) is 4.42. The van der Waals surface area contributed by atoms with E-state index in [1.807, 2.05) is 6.92 Å². The number of halogens is 2. The molecule has 0 heterocycles. The van der Waals surface area contributed by atoms with Crippen molar-refractivity contribution < 1.29 is 18.7 Å². The van der Waals surface area contributed by atoms with Crippen molar-refractivity contribution >= 4 is 17.6 Å². The molecule has 0 amide bonds. The molecule has 0 aliphatic heterocycles. The number of ether oxygens (including phenoxy) is 2. The molecule has 0 aromatic heterocycles. The molecular formula is C13H16ClFO3. The van der Waals surface area contributed by atoms with Crippen LogP contribution in [0.4, 0.5) is 4.39 Å². The van der Waals surface area contributed by atoms with Gasteiger partial charge in [-0.15, -0.1) is 0 Å². The van der Waals surface area contributed by atoms with Crippen LogP contribution in [0.1, 0.15) is 26.7 Å². The SMILES string of the molecule is CCCC(Oc1cccc(Cl)c1F)C(=O)OCC. The Bertz CT molecular complexity index is 409. The van der Waals surface area contributed by atoms with E-state index in [4.69, 9.17) is 21.1 Å². The standard InChI is InChI=1S/C13H16ClFO3/c1-3-6-11(13(16)17-4-2)18-10-8-5-7-9(14)12(10)15/h5,7-8,11H,3-4,6H2,1-2H3. The highest BCUT2D eigenvalue weighted by Crippen LogP contribution is 2.25. The van der Waals surface area contributed by atoms with Gasteiger partial charge in [0.25, 0.3) is 0 Å². The van der Waals surface area contributed by atoms with Gasteiger partial charge in [0.15, 0.2) is 17.7 Å². The average molecular weight is 275 g/mol. The maximum Gasteiger partial charge on any atom is 0.347 e. The lowest BCUT2D eigenvalue weighted by Gasteiger charge is -2.17. The van der Waals surface area contributed by atoms with E-state index in [0.717, 1.165) is 6.42 Å². The lowest BCUT2D eigenvalue weighted by Crippen LogP contribution is -2.29. The van der Waals surface area contributed by atoms with Gasteiger partial charge >= 0.3 is 5.97 Å². The summed E-state index contributed by atoms with van der Waals surface area (Å²) in [5.41, 5.74) is 0. The van der Waals surface area contributed by atoms with E-state index in [1.54, 1.807) is 13.0 Å². The number of carbonyl (C=O) groups is 1. The van der Waals surface area contributed by atoms with Gasteiger partial charge in [-0.2, -0.15) is 0 Å². The lowest BCUT2D eigenvalue weighted by atomic mass is 10.2. The molecule has 0 spiro atoms. The molecule has 0 aliphatic carbocycles. The fraction of sp³-hybridized carbons (Fsp3) is 0.462. The molecule has 0 saturated heterocycles. The van der Waals surface area contributed by atoms with Gasteiger partial charge < -0.3 is 9.47 Å². The van der Waals surface area contributed by atoms with Crippen molar-refractivity contribution in [2.45, 2.75) is 32.8 Å². The second-order valence-electron chi connectivity index (χ2n) is 3.70. The van der Waals surface area contributed by atoms with Crippen LogP contribution in [0.25, 0.3) is 0 Å². The predicted molar refractivity (Wildman–Crippen MR) is 67.4 cm³/mol. The summed E-state index contributed by atoms with van der Waals surface area (Å²) < 4.78 is 23.9. The van der Waals surface area contributed by atoms with Crippen LogP contribution in [0.15, 0.2) is 18.2 Å². The smallest absolute Gasteiger partial charge is 0.347 e. The van der Waals surface area contributed by atoms with E-state index >= 15 is 0 Å². The lowest BCUT2D eigenvalue weighted by molar-refractivity contribution is -0.151. The van der Waals surface area contributed by atoms with Crippen LogP contribution in [0.2, 0.25) is 5.02 Å². The van der Waals surface area contributed by atoms with Crippen LogP contribution in [0.5, 0.6) is 5.75 Å². The van der Waals surface area contributed by atoms with Crippen molar-refractivity contribution in [1.29, 1.82) is 0 Å².